The molecule has 0 amide bonds. The topological polar surface area (TPSA) is 73.6 Å². The van der Waals surface area contributed by atoms with Gasteiger partial charge in [-0.3, -0.25) is 0 Å². The summed E-state index contributed by atoms with van der Waals surface area (Å²) >= 11 is 10.5. The Hall–Kier alpha value is -5.37. The third-order valence-corrected chi connectivity index (χ3v) is 23.3. The van der Waals surface area contributed by atoms with Gasteiger partial charge in [-0.15, -0.1) is 22.7 Å². The van der Waals surface area contributed by atoms with E-state index in [9.17, 15) is 5.26 Å². The van der Waals surface area contributed by atoms with Crippen molar-refractivity contribution in [2.45, 2.75) is 275 Å². The van der Waals surface area contributed by atoms with Crippen LogP contribution in [0.1, 0.15) is 281 Å². The SMILES string of the molecule is CCCCCCCCCCC1(CCCCCCCCCC)c2cc(NC(=S)NC)ccc2-c2ccc(-c3nc4ccccc4s3)cc21.CCCCCCCCCCC1(CCCCCCCCCC)c2cc(SC#N)ccc2-c2ccc(-c3nc4ccccc4s3)cc21. The van der Waals surface area contributed by atoms with Gasteiger partial charge in [0.1, 0.15) is 15.4 Å². The molecule has 0 unspecified atom stereocenters. The maximum Gasteiger partial charge on any atom is 0.170 e. The number of nitriles is 1. The molecule has 10 rings (SSSR count). The maximum atomic E-state index is 9.56. The summed E-state index contributed by atoms with van der Waals surface area (Å²) in [6.07, 6.45) is 47.7. The average molecular weight is 1310 g/mol. The Kier molecular flexibility index (Phi) is 29.0. The molecule has 6 aromatic carbocycles. The van der Waals surface area contributed by atoms with Crippen LogP contribution in [0.5, 0.6) is 0 Å². The molecule has 2 N–H and O–H groups in total. The predicted octanol–water partition coefficient (Wildman–Crippen LogP) is 27.1. The predicted molar refractivity (Wildman–Crippen MR) is 408 cm³/mol. The van der Waals surface area contributed by atoms with E-state index in [0.29, 0.717) is 5.11 Å². The summed E-state index contributed by atoms with van der Waals surface area (Å²) in [5, 5.41) is 21.4. The number of hydrogen-bond donors (Lipinski definition) is 2. The number of unbranched alkanes of at least 4 members (excludes halogenated alkanes) is 28. The van der Waals surface area contributed by atoms with E-state index in [4.69, 9.17) is 22.2 Å². The van der Waals surface area contributed by atoms with E-state index in [-0.39, 0.29) is 10.8 Å². The van der Waals surface area contributed by atoms with Gasteiger partial charge < -0.3 is 10.6 Å². The van der Waals surface area contributed by atoms with Crippen LogP contribution in [0.4, 0.5) is 5.69 Å². The zero-order chi connectivity index (χ0) is 64.2. The van der Waals surface area contributed by atoms with Crippen molar-refractivity contribution in [2.24, 2.45) is 0 Å². The number of para-hydroxylation sites is 2. The van der Waals surface area contributed by atoms with Crippen LogP contribution in [0.3, 0.4) is 0 Å². The van der Waals surface area contributed by atoms with Crippen LogP contribution < -0.4 is 10.6 Å². The van der Waals surface area contributed by atoms with Gasteiger partial charge in [-0.1, -0.05) is 294 Å². The summed E-state index contributed by atoms with van der Waals surface area (Å²) in [5.74, 6) is 0. The van der Waals surface area contributed by atoms with E-state index in [0.717, 1.165) is 31.6 Å². The van der Waals surface area contributed by atoms with Crippen LogP contribution in [-0.4, -0.2) is 22.1 Å². The number of aromatic nitrogens is 2. The lowest BCUT2D eigenvalue weighted by Crippen LogP contribution is -2.27. The third-order valence-electron chi connectivity index (χ3n) is 20.3. The molecule has 9 heteroatoms. The lowest BCUT2D eigenvalue weighted by atomic mass is 9.70. The second-order valence-corrected chi connectivity index (χ2v) is 30.3. The first-order valence-corrected chi connectivity index (χ1v) is 39.5. The Morgan fingerprint density at radius 3 is 1.13 bits per heavy atom. The van der Waals surface area contributed by atoms with Gasteiger partial charge in [0, 0.05) is 39.6 Å². The van der Waals surface area contributed by atoms with Crippen LogP contribution in [0.2, 0.25) is 0 Å². The number of nitrogens with one attached hydrogen (secondary N) is 2. The van der Waals surface area contributed by atoms with Crippen LogP contribution >= 0.6 is 46.7 Å². The second kappa shape index (κ2) is 37.7. The highest BCUT2D eigenvalue weighted by molar-refractivity contribution is 8.03. The molecule has 0 saturated heterocycles. The smallest absolute Gasteiger partial charge is 0.170 e. The monoisotopic (exact) mass is 1300 g/mol. The van der Waals surface area contributed by atoms with Gasteiger partial charge in [0.2, 0.25) is 0 Å². The molecule has 0 spiro atoms. The number of thiocarbonyl (C=S) groups is 1. The minimum absolute atomic E-state index is 0.000726. The molecule has 2 heterocycles. The normalized spacial score (nSPS) is 13.1. The Bertz CT molecular complexity index is 3480. The molecule has 5 nitrogen and oxygen atoms in total. The number of hydrogen-bond acceptors (Lipinski definition) is 7. The summed E-state index contributed by atoms with van der Waals surface area (Å²) in [7, 11) is 1.89. The molecule has 0 saturated carbocycles. The molecule has 2 aromatic heterocycles. The first-order valence-electron chi connectivity index (χ1n) is 36.6. The van der Waals surface area contributed by atoms with Gasteiger partial charge in [0.25, 0.3) is 0 Å². The number of rotatable bonds is 40. The van der Waals surface area contributed by atoms with E-state index < -0.39 is 0 Å². The Morgan fingerprint density at radius 1 is 0.424 bits per heavy atom. The van der Waals surface area contributed by atoms with E-state index >= 15 is 0 Å². The first-order chi connectivity index (χ1) is 45.3. The zero-order valence-electron chi connectivity index (χ0n) is 57.0. The minimum Gasteiger partial charge on any atom is -0.366 e. The van der Waals surface area contributed by atoms with Crippen LogP contribution in [0, 0.1) is 10.7 Å². The van der Waals surface area contributed by atoms with Gasteiger partial charge in [-0.25, -0.2) is 9.97 Å². The number of anilines is 1. The molecular weight excluding hydrogens is 1200 g/mol. The van der Waals surface area contributed by atoms with Crippen LogP contribution in [-0.2, 0) is 10.8 Å². The molecule has 92 heavy (non-hydrogen) atoms. The molecule has 0 fully saturated rings. The maximum absolute atomic E-state index is 9.56. The fourth-order valence-electron chi connectivity index (χ4n) is 15.2. The molecule has 8 aromatic rings. The summed E-state index contributed by atoms with van der Waals surface area (Å²) in [5.41, 5.74) is 17.3. The summed E-state index contributed by atoms with van der Waals surface area (Å²) in [4.78, 5) is 11.2. The molecule has 2 aliphatic rings. The third kappa shape index (κ3) is 18.8. The van der Waals surface area contributed by atoms with Gasteiger partial charge in [0.15, 0.2) is 5.11 Å². The van der Waals surface area contributed by atoms with Crippen molar-refractivity contribution in [1.29, 1.82) is 5.26 Å². The number of fused-ring (bicyclic) bond motifs is 8. The molecule has 2 aliphatic carbocycles. The highest BCUT2D eigenvalue weighted by Crippen LogP contribution is 2.58. The van der Waals surface area contributed by atoms with Gasteiger partial charge >= 0.3 is 0 Å². The molecule has 0 radical (unpaired) electrons. The van der Waals surface area contributed by atoms with E-state index in [1.165, 1.54) is 308 Å². The summed E-state index contributed by atoms with van der Waals surface area (Å²) in [6, 6.07) is 45.2. The van der Waals surface area contributed by atoms with E-state index in [2.05, 4.69) is 165 Å². The van der Waals surface area contributed by atoms with Crippen molar-refractivity contribution >= 4 is 77.9 Å². The molecule has 0 atom stereocenters. The molecule has 490 valence electrons. The van der Waals surface area contributed by atoms with Gasteiger partial charge in [-0.05, 0) is 155 Å². The second-order valence-electron chi connectivity index (χ2n) is 26.9. The van der Waals surface area contributed by atoms with Crippen molar-refractivity contribution in [3.8, 4) is 48.8 Å². The number of thiocyanates is 1. The van der Waals surface area contributed by atoms with Crippen molar-refractivity contribution < 1.29 is 0 Å². The largest absolute Gasteiger partial charge is 0.366 e. The van der Waals surface area contributed by atoms with Crippen molar-refractivity contribution in [2.75, 3.05) is 12.4 Å². The molecular formula is C83H109N5S4. The lowest BCUT2D eigenvalue weighted by Gasteiger charge is -2.33. The Balaban J connectivity index is 0.000000218. The number of nitrogens with zero attached hydrogens (tertiary/aromatic N) is 3. The number of thioether (sulfide) groups is 1. The molecule has 0 aliphatic heterocycles. The van der Waals surface area contributed by atoms with Crippen molar-refractivity contribution in [3.05, 3.63) is 144 Å². The highest BCUT2D eigenvalue weighted by Gasteiger charge is 2.44. The quantitative estimate of drug-likeness (QED) is 0.0172. The van der Waals surface area contributed by atoms with E-state index in [1.807, 2.05) is 18.4 Å². The zero-order valence-corrected chi connectivity index (χ0v) is 60.2. The highest BCUT2D eigenvalue weighted by atomic mass is 32.2. The number of benzene rings is 6. The fourth-order valence-corrected chi connectivity index (χ4v) is 17.6. The van der Waals surface area contributed by atoms with Crippen LogP contribution in [0.25, 0.3) is 63.8 Å². The fraction of sp³-hybridized carbons (Fsp3) is 0.518. The standard InChI is InChI=1S/C42H57N3S2.C41H52N2S2/c1-4-6-8-10-12-14-16-20-28-42(29-21-17-15-13-11-9-7-5-2)36-30-32(40-45-38-22-18-19-23-39(38)47-40)24-26-34(36)35-27-25-33(31-37(35)42)44-41(46)43-3;1-3-5-7-9-11-13-15-19-27-41(28-20-16-14-12-10-8-6-4-2)36-29-32(40-43-38-21-17-18-22-39(38)45-40)23-25-34(36)35-26-24-33(44-31-42)30-37(35)41/h18-19,22-27,30-31H,4-17,20-21,28-29H2,1-3H3,(H2,43,44,46);17-18,21-26,29-30H,3-16,19-20,27-28H2,1-2H3. The van der Waals surface area contributed by atoms with Gasteiger partial charge in [-0.2, -0.15) is 5.26 Å². The van der Waals surface area contributed by atoms with Crippen LogP contribution in [0.15, 0.2) is 126 Å². The minimum atomic E-state index is -0.00615. The lowest BCUT2D eigenvalue weighted by molar-refractivity contribution is 0.396. The average Bonchev–Trinajstić information content (AvgIpc) is 1.57. The molecule has 0 bridgehead atoms. The first kappa shape index (κ1) is 70.9. The Labute approximate surface area is 573 Å². The van der Waals surface area contributed by atoms with E-state index in [1.54, 1.807) is 11.3 Å². The number of thiazole rings is 2. The summed E-state index contributed by atoms with van der Waals surface area (Å²) in [6.45, 7) is 9.20. The van der Waals surface area contributed by atoms with Gasteiger partial charge in [0.05, 0.1) is 20.4 Å². The van der Waals surface area contributed by atoms with Crippen molar-refractivity contribution in [1.82, 2.24) is 15.3 Å². The Morgan fingerprint density at radius 2 is 0.761 bits per heavy atom. The summed E-state index contributed by atoms with van der Waals surface area (Å²) < 4.78 is 2.50. The van der Waals surface area contributed by atoms with Crippen molar-refractivity contribution in [3.63, 3.8) is 0 Å².